The van der Waals surface area contributed by atoms with Gasteiger partial charge >= 0.3 is 5.69 Å². The molecule has 0 saturated carbocycles. The molecule has 0 aliphatic heterocycles. The summed E-state index contributed by atoms with van der Waals surface area (Å²) in [7, 11) is 0. The van der Waals surface area contributed by atoms with Gasteiger partial charge in [0.25, 0.3) is 11.5 Å². The minimum atomic E-state index is -0.663. The van der Waals surface area contributed by atoms with Gasteiger partial charge in [-0.25, -0.2) is 4.79 Å². The zero-order valence-corrected chi connectivity index (χ0v) is 17.5. The molecule has 2 aromatic rings. The highest BCUT2D eigenvalue weighted by Crippen LogP contribution is 2.22. The summed E-state index contributed by atoms with van der Waals surface area (Å²) in [4.78, 5) is 41.5. The summed E-state index contributed by atoms with van der Waals surface area (Å²) in [5.74, 6) is -0.107. The van der Waals surface area contributed by atoms with Crippen LogP contribution in [0.1, 0.15) is 38.1 Å². The normalized spacial score (nSPS) is 11.2. The third-order valence-electron chi connectivity index (χ3n) is 3.92. The summed E-state index contributed by atoms with van der Waals surface area (Å²) in [6, 6.07) is 6.87. The first kappa shape index (κ1) is 21.0. The Morgan fingerprint density at radius 3 is 2.26 bits per heavy atom. The Bertz CT molecular complexity index is 929. The number of aromatic amines is 1. The van der Waals surface area contributed by atoms with E-state index in [-0.39, 0.29) is 29.2 Å². The minimum Gasteiger partial charge on any atom is -0.383 e. The van der Waals surface area contributed by atoms with E-state index in [1.54, 1.807) is 24.3 Å². The third kappa shape index (κ3) is 4.88. The van der Waals surface area contributed by atoms with E-state index < -0.39 is 11.2 Å². The maximum Gasteiger partial charge on any atom is 0.330 e. The van der Waals surface area contributed by atoms with Crippen molar-refractivity contribution in [3.63, 3.8) is 0 Å². The number of carbonyl (C=O) groups is 1. The van der Waals surface area contributed by atoms with Crippen LogP contribution in [0, 0.1) is 11.8 Å². The maximum atomic E-state index is 13.1. The van der Waals surface area contributed by atoms with Gasteiger partial charge in [-0.3, -0.25) is 19.1 Å². The van der Waals surface area contributed by atoms with Crippen molar-refractivity contribution >= 4 is 33.3 Å². The topological polar surface area (TPSA) is 101 Å². The standard InChI is InChI=1S/C19H25BrN4O3/c1-11(2)9-23(18(26)13-5-7-14(20)8-6-13)15-16(21)24(10-12(3)4)19(27)22-17(15)25/h5-8,11-12H,9-10,21H2,1-4H3,(H,22,25,27). The molecule has 0 atom stereocenters. The molecule has 0 unspecified atom stereocenters. The van der Waals surface area contributed by atoms with Gasteiger partial charge in [-0.2, -0.15) is 0 Å². The molecule has 0 aliphatic rings. The van der Waals surface area contributed by atoms with E-state index in [0.29, 0.717) is 18.7 Å². The lowest BCUT2D eigenvalue weighted by Gasteiger charge is -2.26. The van der Waals surface area contributed by atoms with Crippen LogP contribution in [-0.2, 0) is 6.54 Å². The highest BCUT2D eigenvalue weighted by Gasteiger charge is 2.26. The number of benzene rings is 1. The molecule has 8 heteroatoms. The SMILES string of the molecule is CC(C)CN(C(=O)c1ccc(Br)cc1)c1c(N)n(CC(C)C)c(=O)[nH]c1=O. The molecule has 0 saturated heterocycles. The zero-order chi connectivity index (χ0) is 20.3. The largest absolute Gasteiger partial charge is 0.383 e. The Morgan fingerprint density at radius 1 is 1.15 bits per heavy atom. The predicted molar refractivity (Wildman–Crippen MR) is 111 cm³/mol. The van der Waals surface area contributed by atoms with E-state index in [9.17, 15) is 14.4 Å². The number of carbonyl (C=O) groups excluding carboxylic acids is 1. The molecule has 1 amide bonds. The first-order valence-electron chi connectivity index (χ1n) is 8.81. The first-order chi connectivity index (χ1) is 12.6. The van der Waals surface area contributed by atoms with Crippen molar-refractivity contribution in [2.45, 2.75) is 34.2 Å². The average molecular weight is 437 g/mol. The van der Waals surface area contributed by atoms with Gasteiger partial charge in [-0.15, -0.1) is 0 Å². The van der Waals surface area contributed by atoms with Crippen LogP contribution in [0.4, 0.5) is 11.5 Å². The minimum absolute atomic E-state index is 0.00330. The number of nitrogens with two attached hydrogens (primary N) is 1. The molecule has 1 heterocycles. The number of hydrogen-bond acceptors (Lipinski definition) is 4. The average Bonchev–Trinajstić information content (AvgIpc) is 2.57. The van der Waals surface area contributed by atoms with Gasteiger partial charge in [0.15, 0.2) is 5.69 Å². The number of nitrogens with zero attached hydrogens (tertiary/aromatic N) is 2. The van der Waals surface area contributed by atoms with Gasteiger partial charge in [0.1, 0.15) is 5.82 Å². The summed E-state index contributed by atoms with van der Waals surface area (Å²) < 4.78 is 2.15. The molecule has 1 aromatic carbocycles. The molecule has 0 radical (unpaired) electrons. The van der Waals surface area contributed by atoms with Crippen molar-refractivity contribution in [3.8, 4) is 0 Å². The van der Waals surface area contributed by atoms with E-state index in [1.165, 1.54) is 9.47 Å². The number of aromatic nitrogens is 2. The molecular formula is C19H25BrN4O3. The number of hydrogen-bond donors (Lipinski definition) is 2. The van der Waals surface area contributed by atoms with Gasteiger partial charge in [0, 0.05) is 23.1 Å². The fourth-order valence-electron chi connectivity index (χ4n) is 2.77. The number of rotatable bonds is 6. The second-order valence-electron chi connectivity index (χ2n) is 7.31. The van der Waals surface area contributed by atoms with Gasteiger partial charge in [0.2, 0.25) is 0 Å². The Labute approximate surface area is 166 Å². The van der Waals surface area contributed by atoms with Crippen molar-refractivity contribution in [2.24, 2.45) is 11.8 Å². The molecule has 0 spiro atoms. The Balaban J connectivity index is 2.63. The molecule has 7 nitrogen and oxygen atoms in total. The number of amides is 1. The van der Waals surface area contributed by atoms with Crippen molar-refractivity contribution in [3.05, 3.63) is 55.1 Å². The molecule has 27 heavy (non-hydrogen) atoms. The van der Waals surface area contributed by atoms with Gasteiger partial charge in [-0.05, 0) is 36.1 Å². The van der Waals surface area contributed by atoms with Crippen LogP contribution in [0.5, 0.6) is 0 Å². The Hall–Kier alpha value is -2.35. The molecule has 3 N–H and O–H groups in total. The molecule has 1 aromatic heterocycles. The highest BCUT2D eigenvalue weighted by molar-refractivity contribution is 9.10. The lowest BCUT2D eigenvalue weighted by molar-refractivity contribution is 0.0983. The zero-order valence-electron chi connectivity index (χ0n) is 16.0. The lowest BCUT2D eigenvalue weighted by atomic mass is 10.1. The van der Waals surface area contributed by atoms with Crippen LogP contribution in [-0.4, -0.2) is 22.0 Å². The fraction of sp³-hybridized carbons (Fsp3) is 0.421. The van der Waals surface area contributed by atoms with Crippen LogP contribution in [0.15, 0.2) is 38.3 Å². The summed E-state index contributed by atoms with van der Waals surface area (Å²) in [5.41, 5.74) is 5.40. The van der Waals surface area contributed by atoms with Crippen molar-refractivity contribution in [2.75, 3.05) is 17.2 Å². The predicted octanol–water partition coefficient (Wildman–Crippen LogP) is 2.84. The van der Waals surface area contributed by atoms with Crippen LogP contribution in [0.2, 0.25) is 0 Å². The van der Waals surface area contributed by atoms with E-state index in [1.807, 2.05) is 27.7 Å². The fourth-order valence-corrected chi connectivity index (χ4v) is 3.04. The molecule has 0 fully saturated rings. The first-order valence-corrected chi connectivity index (χ1v) is 9.61. The number of nitrogens with one attached hydrogen (secondary N) is 1. The van der Waals surface area contributed by atoms with Crippen molar-refractivity contribution < 1.29 is 4.79 Å². The molecule has 0 bridgehead atoms. The Kier molecular flexibility index (Phi) is 6.64. The summed E-state index contributed by atoms with van der Waals surface area (Å²) >= 11 is 3.34. The number of halogens is 1. The van der Waals surface area contributed by atoms with Crippen molar-refractivity contribution in [1.29, 1.82) is 0 Å². The van der Waals surface area contributed by atoms with E-state index in [2.05, 4.69) is 20.9 Å². The molecular weight excluding hydrogens is 412 g/mol. The summed E-state index contributed by atoms with van der Waals surface area (Å²) in [5, 5.41) is 0. The van der Waals surface area contributed by atoms with E-state index >= 15 is 0 Å². The van der Waals surface area contributed by atoms with Crippen molar-refractivity contribution in [1.82, 2.24) is 9.55 Å². The second kappa shape index (κ2) is 8.56. The molecule has 0 aliphatic carbocycles. The Morgan fingerprint density at radius 2 is 1.74 bits per heavy atom. The van der Waals surface area contributed by atoms with E-state index in [0.717, 1.165) is 4.47 Å². The number of nitrogen functional groups attached to an aromatic ring is 1. The van der Waals surface area contributed by atoms with Crippen LogP contribution in [0.3, 0.4) is 0 Å². The maximum absolute atomic E-state index is 13.1. The van der Waals surface area contributed by atoms with Crippen LogP contribution >= 0.6 is 15.9 Å². The second-order valence-corrected chi connectivity index (χ2v) is 8.23. The van der Waals surface area contributed by atoms with Gasteiger partial charge < -0.3 is 10.6 Å². The highest BCUT2D eigenvalue weighted by atomic mass is 79.9. The monoisotopic (exact) mass is 436 g/mol. The quantitative estimate of drug-likeness (QED) is 0.726. The van der Waals surface area contributed by atoms with Gasteiger partial charge in [0.05, 0.1) is 0 Å². The van der Waals surface area contributed by atoms with E-state index in [4.69, 9.17) is 5.73 Å². The summed E-state index contributed by atoms with van der Waals surface area (Å²) in [6.45, 7) is 8.40. The molecule has 146 valence electrons. The van der Waals surface area contributed by atoms with Crippen LogP contribution in [0.25, 0.3) is 0 Å². The van der Waals surface area contributed by atoms with Gasteiger partial charge in [-0.1, -0.05) is 43.6 Å². The molecule has 2 rings (SSSR count). The lowest BCUT2D eigenvalue weighted by Crippen LogP contribution is -2.43. The van der Waals surface area contributed by atoms with Crippen LogP contribution < -0.4 is 21.9 Å². The number of anilines is 2. The number of H-pyrrole nitrogens is 1. The third-order valence-corrected chi connectivity index (χ3v) is 4.44. The summed E-state index contributed by atoms with van der Waals surface area (Å²) in [6.07, 6.45) is 0. The smallest absolute Gasteiger partial charge is 0.330 e.